The first-order valence-electron chi connectivity index (χ1n) is 6.78. The Morgan fingerprint density at radius 1 is 1.25 bits per heavy atom. The Morgan fingerprint density at radius 3 is 2.29 bits per heavy atom. The molecule has 0 saturated carbocycles. The van der Waals surface area contributed by atoms with E-state index in [0.29, 0.717) is 0 Å². The molecule has 1 heterocycles. The molecular weight excluding hydrogens is 349 g/mol. The summed E-state index contributed by atoms with van der Waals surface area (Å²) in [5.41, 5.74) is -2.32. The van der Waals surface area contributed by atoms with Crippen LogP contribution in [-0.4, -0.2) is 23.6 Å². The highest BCUT2D eigenvalue weighted by atomic mass is 32.2. The minimum atomic E-state index is -4.85. The van der Waals surface area contributed by atoms with E-state index in [1.54, 1.807) is 6.07 Å². The smallest absolute Gasteiger partial charge is 0.324 e. The van der Waals surface area contributed by atoms with Crippen LogP contribution in [0.4, 0.5) is 13.2 Å². The van der Waals surface area contributed by atoms with Gasteiger partial charge < -0.3 is 4.18 Å². The number of carbonyl (C=O) groups is 1. The van der Waals surface area contributed by atoms with Gasteiger partial charge in [-0.2, -0.15) is 26.7 Å². The normalized spacial score (nSPS) is 12.2. The molecule has 0 aliphatic rings. The molecule has 0 aliphatic heterocycles. The van der Waals surface area contributed by atoms with Crippen molar-refractivity contribution in [2.45, 2.75) is 26.4 Å². The molecule has 10 heteroatoms. The Labute approximate surface area is 136 Å². The van der Waals surface area contributed by atoms with Crippen molar-refractivity contribution >= 4 is 16.3 Å². The predicted octanol–water partition coefficient (Wildman–Crippen LogP) is 2.72. The standard InChI is InChI=1S/C14H13F3N2O4S/c1-3-11-12(14(15,16)17)9(2)19(18-11)24(21,22)23-13(20)10-7-5-4-6-8-10/h4-8H,3H2,1-2H3. The first kappa shape index (κ1) is 18.0. The molecule has 0 N–H and O–H groups in total. The fourth-order valence-corrected chi connectivity index (χ4v) is 3.11. The van der Waals surface area contributed by atoms with Crippen LogP contribution in [0.1, 0.15) is 34.2 Å². The Balaban J connectivity index is 2.44. The molecule has 0 fully saturated rings. The first-order valence-corrected chi connectivity index (χ1v) is 8.14. The number of aryl methyl sites for hydroxylation is 1. The third kappa shape index (κ3) is 3.42. The van der Waals surface area contributed by atoms with Gasteiger partial charge in [0, 0.05) is 0 Å². The number of rotatable bonds is 4. The van der Waals surface area contributed by atoms with E-state index in [1.807, 2.05) is 0 Å². The van der Waals surface area contributed by atoms with E-state index in [-0.39, 0.29) is 16.1 Å². The van der Waals surface area contributed by atoms with Crippen molar-refractivity contribution in [1.29, 1.82) is 0 Å². The summed E-state index contributed by atoms with van der Waals surface area (Å²) >= 11 is 0. The fourth-order valence-electron chi connectivity index (χ4n) is 2.13. The van der Waals surface area contributed by atoms with Gasteiger partial charge in [-0.05, 0) is 25.5 Å². The van der Waals surface area contributed by atoms with E-state index in [9.17, 15) is 26.4 Å². The molecule has 0 aliphatic carbocycles. The highest BCUT2D eigenvalue weighted by Gasteiger charge is 2.40. The van der Waals surface area contributed by atoms with Crippen molar-refractivity contribution in [3.05, 3.63) is 52.8 Å². The Bertz CT molecular complexity index is 858. The molecule has 0 unspecified atom stereocenters. The van der Waals surface area contributed by atoms with Gasteiger partial charge in [-0.3, -0.25) is 0 Å². The zero-order valence-electron chi connectivity index (χ0n) is 12.7. The molecule has 0 spiro atoms. The van der Waals surface area contributed by atoms with Crippen molar-refractivity contribution in [3.8, 4) is 0 Å². The maximum atomic E-state index is 13.1. The SMILES string of the molecule is CCc1nn(S(=O)(=O)OC(=O)c2ccccc2)c(C)c1C(F)(F)F. The minimum absolute atomic E-state index is 0.0577. The lowest BCUT2D eigenvalue weighted by molar-refractivity contribution is -0.138. The van der Waals surface area contributed by atoms with Crippen molar-refractivity contribution in [2.24, 2.45) is 0 Å². The summed E-state index contributed by atoms with van der Waals surface area (Å²) in [5.74, 6) is -1.21. The molecule has 2 aromatic rings. The van der Waals surface area contributed by atoms with E-state index in [1.165, 1.54) is 31.2 Å². The minimum Gasteiger partial charge on any atom is -0.324 e. The van der Waals surface area contributed by atoms with Crippen LogP contribution in [0.15, 0.2) is 30.3 Å². The maximum absolute atomic E-state index is 13.1. The van der Waals surface area contributed by atoms with Crippen molar-refractivity contribution < 1.29 is 30.6 Å². The molecule has 0 bridgehead atoms. The van der Waals surface area contributed by atoms with E-state index >= 15 is 0 Å². The Morgan fingerprint density at radius 2 is 1.83 bits per heavy atom. The number of benzene rings is 1. The van der Waals surface area contributed by atoms with Crippen molar-refractivity contribution in [1.82, 2.24) is 9.19 Å². The average Bonchev–Trinajstić information content (AvgIpc) is 2.85. The lowest BCUT2D eigenvalue weighted by atomic mass is 10.1. The van der Waals surface area contributed by atoms with Gasteiger partial charge in [0.05, 0.1) is 17.0 Å². The van der Waals surface area contributed by atoms with Crippen LogP contribution in [0.25, 0.3) is 0 Å². The molecule has 6 nitrogen and oxygen atoms in total. The largest absolute Gasteiger partial charge is 0.432 e. The Hall–Kier alpha value is -2.36. The third-order valence-corrected chi connectivity index (χ3v) is 4.31. The summed E-state index contributed by atoms with van der Waals surface area (Å²) in [7, 11) is -4.85. The van der Waals surface area contributed by atoms with Gasteiger partial charge in [0.25, 0.3) is 0 Å². The zero-order chi connectivity index (χ0) is 18.1. The van der Waals surface area contributed by atoms with Gasteiger partial charge in [-0.25, -0.2) is 4.79 Å². The van der Waals surface area contributed by atoms with Gasteiger partial charge in [-0.15, -0.1) is 4.09 Å². The average molecular weight is 362 g/mol. The molecule has 24 heavy (non-hydrogen) atoms. The zero-order valence-corrected chi connectivity index (χ0v) is 13.5. The van der Waals surface area contributed by atoms with Gasteiger partial charge in [0.1, 0.15) is 5.56 Å². The molecule has 0 radical (unpaired) electrons. The van der Waals surface area contributed by atoms with E-state index in [2.05, 4.69) is 9.28 Å². The van der Waals surface area contributed by atoms with Crippen molar-refractivity contribution in [2.75, 3.05) is 0 Å². The van der Waals surface area contributed by atoms with Crippen LogP contribution in [0.5, 0.6) is 0 Å². The molecular formula is C14H13F3N2O4S. The van der Waals surface area contributed by atoms with Gasteiger partial charge in [-0.1, -0.05) is 25.1 Å². The van der Waals surface area contributed by atoms with Gasteiger partial charge >= 0.3 is 22.4 Å². The third-order valence-electron chi connectivity index (χ3n) is 3.17. The second kappa shape index (κ2) is 6.27. The molecule has 130 valence electrons. The van der Waals surface area contributed by atoms with Crippen molar-refractivity contribution in [3.63, 3.8) is 0 Å². The number of hydrogen-bond donors (Lipinski definition) is 0. The fraction of sp³-hybridized carbons (Fsp3) is 0.286. The van der Waals surface area contributed by atoms with Gasteiger partial charge in [0.2, 0.25) is 0 Å². The summed E-state index contributed by atoms with van der Waals surface area (Å²) in [6, 6.07) is 7.20. The summed E-state index contributed by atoms with van der Waals surface area (Å²) in [6.07, 6.45) is -4.91. The summed E-state index contributed by atoms with van der Waals surface area (Å²) in [5, 5.41) is 3.44. The predicted molar refractivity (Wildman–Crippen MR) is 77.5 cm³/mol. The summed E-state index contributed by atoms with van der Waals surface area (Å²) in [6.45, 7) is 2.35. The van der Waals surface area contributed by atoms with Crippen LogP contribution in [0.3, 0.4) is 0 Å². The van der Waals surface area contributed by atoms with Crippen LogP contribution in [0.2, 0.25) is 0 Å². The summed E-state index contributed by atoms with van der Waals surface area (Å²) in [4.78, 5) is 11.8. The second-order valence-electron chi connectivity index (χ2n) is 4.80. The number of alkyl halides is 3. The molecule has 1 aromatic heterocycles. The number of carbonyl (C=O) groups excluding carboxylic acids is 1. The quantitative estimate of drug-likeness (QED) is 0.836. The summed E-state index contributed by atoms with van der Waals surface area (Å²) < 4.78 is 68.0. The monoisotopic (exact) mass is 362 g/mol. The van der Waals surface area contributed by atoms with Gasteiger partial charge in [0.15, 0.2) is 0 Å². The maximum Gasteiger partial charge on any atom is 0.432 e. The first-order chi connectivity index (χ1) is 11.1. The lowest BCUT2D eigenvalue weighted by Crippen LogP contribution is -2.23. The topological polar surface area (TPSA) is 78.3 Å². The number of hydrogen-bond acceptors (Lipinski definition) is 5. The molecule has 0 amide bonds. The van der Waals surface area contributed by atoms with E-state index in [0.717, 1.165) is 6.92 Å². The van der Waals surface area contributed by atoms with E-state index in [4.69, 9.17) is 0 Å². The number of halogens is 3. The number of nitrogens with zero attached hydrogens (tertiary/aromatic N) is 2. The molecule has 1 aromatic carbocycles. The highest BCUT2D eigenvalue weighted by molar-refractivity contribution is 7.85. The van der Waals surface area contributed by atoms with Crippen LogP contribution in [0, 0.1) is 6.92 Å². The van der Waals surface area contributed by atoms with Crippen LogP contribution >= 0.6 is 0 Å². The molecule has 0 saturated heterocycles. The lowest BCUT2D eigenvalue weighted by Gasteiger charge is -2.09. The molecule has 0 atom stereocenters. The Kier molecular flexibility index (Phi) is 4.70. The van der Waals surface area contributed by atoms with Crippen LogP contribution < -0.4 is 0 Å². The second-order valence-corrected chi connectivity index (χ2v) is 6.16. The van der Waals surface area contributed by atoms with E-state index < -0.39 is 39.4 Å². The number of aromatic nitrogens is 2. The van der Waals surface area contributed by atoms with Crippen LogP contribution in [-0.2, 0) is 27.1 Å². The highest BCUT2D eigenvalue weighted by Crippen LogP contribution is 2.35. The molecule has 2 rings (SSSR count).